The molecule has 1 heterocycles. The van der Waals surface area contributed by atoms with E-state index in [2.05, 4.69) is 22.1 Å². The smallest absolute Gasteiger partial charge is 0.242 e. The van der Waals surface area contributed by atoms with Crippen molar-refractivity contribution in [3.05, 3.63) is 18.3 Å². The highest BCUT2D eigenvalue weighted by Gasteiger charge is 2.21. The van der Waals surface area contributed by atoms with Crippen molar-refractivity contribution in [3.63, 3.8) is 0 Å². The molecule has 0 amide bonds. The molecule has 0 unspecified atom stereocenters. The molecule has 1 aromatic heterocycles. The molecule has 112 valence electrons. The molecule has 0 saturated heterocycles. The molecular formula is C13H22N4O2S. The Labute approximate surface area is 120 Å². The maximum absolute atomic E-state index is 12.1. The minimum Gasteiger partial charge on any atom is -0.308 e. The Kier molecular flexibility index (Phi) is 4.95. The molecule has 7 heteroatoms. The van der Waals surface area contributed by atoms with Gasteiger partial charge in [0.05, 0.1) is 0 Å². The van der Waals surface area contributed by atoms with Crippen molar-refractivity contribution in [3.8, 4) is 0 Å². The number of hydrogen-bond acceptors (Lipinski definition) is 5. The first-order valence-electron chi connectivity index (χ1n) is 6.93. The molecule has 0 radical (unpaired) electrons. The number of nitrogens with zero attached hydrogens (tertiary/aromatic N) is 1. The van der Waals surface area contributed by atoms with E-state index in [0.717, 1.165) is 18.8 Å². The standard InChI is InChI=1S/C13H22N4O2S/c1-10-2-4-11(5-3-10)8-16-20(18,19)12-6-7-13(17-14)15-9-12/h6-7,9-11,16H,2-5,8,14H2,1H3,(H,15,17). The third-order valence-corrected chi connectivity index (χ3v) is 5.30. The zero-order valence-electron chi connectivity index (χ0n) is 11.7. The molecule has 20 heavy (non-hydrogen) atoms. The Morgan fingerprint density at radius 3 is 2.55 bits per heavy atom. The highest BCUT2D eigenvalue weighted by atomic mass is 32.2. The lowest BCUT2D eigenvalue weighted by atomic mass is 9.83. The van der Waals surface area contributed by atoms with Crippen LogP contribution in [0.4, 0.5) is 5.82 Å². The minimum atomic E-state index is -3.48. The maximum atomic E-state index is 12.1. The van der Waals surface area contributed by atoms with Gasteiger partial charge in [-0.05, 0) is 36.8 Å². The molecule has 0 spiro atoms. The van der Waals surface area contributed by atoms with Gasteiger partial charge in [-0.25, -0.2) is 24.0 Å². The number of pyridine rings is 1. The number of hydrazine groups is 1. The monoisotopic (exact) mass is 298 g/mol. The number of hydrogen-bond donors (Lipinski definition) is 3. The first kappa shape index (κ1) is 15.2. The van der Waals surface area contributed by atoms with Gasteiger partial charge >= 0.3 is 0 Å². The molecule has 6 nitrogen and oxygen atoms in total. The summed E-state index contributed by atoms with van der Waals surface area (Å²) in [6, 6.07) is 3.03. The van der Waals surface area contributed by atoms with Crippen molar-refractivity contribution in [2.75, 3.05) is 12.0 Å². The van der Waals surface area contributed by atoms with E-state index in [0.29, 0.717) is 18.3 Å². The largest absolute Gasteiger partial charge is 0.308 e. The van der Waals surface area contributed by atoms with Gasteiger partial charge in [-0.15, -0.1) is 0 Å². The molecule has 0 aromatic carbocycles. The predicted molar refractivity (Wildman–Crippen MR) is 78.4 cm³/mol. The number of aromatic nitrogens is 1. The van der Waals surface area contributed by atoms with E-state index < -0.39 is 10.0 Å². The summed E-state index contributed by atoms with van der Waals surface area (Å²) in [6.07, 6.45) is 5.87. The van der Waals surface area contributed by atoms with Crippen molar-refractivity contribution >= 4 is 15.8 Å². The lowest BCUT2D eigenvalue weighted by Gasteiger charge is -2.26. The van der Waals surface area contributed by atoms with Crippen LogP contribution in [0, 0.1) is 11.8 Å². The van der Waals surface area contributed by atoms with Gasteiger partial charge in [0.15, 0.2) is 0 Å². The molecule has 0 bridgehead atoms. The number of nitrogens with one attached hydrogen (secondary N) is 2. The van der Waals surface area contributed by atoms with Crippen LogP contribution < -0.4 is 16.0 Å². The molecule has 0 atom stereocenters. The Morgan fingerprint density at radius 1 is 1.30 bits per heavy atom. The number of sulfonamides is 1. The third kappa shape index (κ3) is 3.91. The van der Waals surface area contributed by atoms with Crippen molar-refractivity contribution in [1.82, 2.24) is 9.71 Å². The Bertz CT molecular complexity index is 522. The first-order valence-corrected chi connectivity index (χ1v) is 8.42. The second-order valence-corrected chi connectivity index (χ2v) is 7.27. The van der Waals surface area contributed by atoms with Crippen LogP contribution in [0.15, 0.2) is 23.2 Å². The Balaban J connectivity index is 1.93. The fourth-order valence-corrected chi connectivity index (χ4v) is 3.53. The van der Waals surface area contributed by atoms with Gasteiger partial charge in [0.2, 0.25) is 10.0 Å². The molecule has 2 rings (SSSR count). The summed E-state index contributed by atoms with van der Waals surface area (Å²) in [4.78, 5) is 4.08. The van der Waals surface area contributed by atoms with Crippen molar-refractivity contribution < 1.29 is 8.42 Å². The number of rotatable bonds is 5. The van der Waals surface area contributed by atoms with E-state index in [4.69, 9.17) is 5.84 Å². The molecular weight excluding hydrogens is 276 g/mol. The maximum Gasteiger partial charge on any atom is 0.242 e. The van der Waals surface area contributed by atoms with E-state index in [1.165, 1.54) is 31.2 Å². The molecule has 1 saturated carbocycles. The Hall–Kier alpha value is -1.18. The second kappa shape index (κ2) is 6.51. The topological polar surface area (TPSA) is 97.1 Å². The highest BCUT2D eigenvalue weighted by molar-refractivity contribution is 7.89. The second-order valence-electron chi connectivity index (χ2n) is 5.50. The first-order chi connectivity index (χ1) is 9.51. The number of anilines is 1. The van der Waals surface area contributed by atoms with Gasteiger partial charge in [-0.3, -0.25) is 0 Å². The van der Waals surface area contributed by atoms with E-state index >= 15 is 0 Å². The van der Waals surface area contributed by atoms with E-state index in [9.17, 15) is 8.42 Å². The summed E-state index contributed by atoms with van der Waals surface area (Å²) in [6.45, 7) is 2.75. The van der Waals surface area contributed by atoms with Gasteiger partial charge in [0, 0.05) is 12.7 Å². The number of nitrogen functional groups attached to an aromatic ring is 1. The molecule has 0 aliphatic heterocycles. The van der Waals surface area contributed by atoms with Gasteiger partial charge in [-0.1, -0.05) is 19.8 Å². The molecule has 1 fully saturated rings. The van der Waals surface area contributed by atoms with Crippen LogP contribution in [0.3, 0.4) is 0 Å². The van der Waals surface area contributed by atoms with Gasteiger partial charge in [0.25, 0.3) is 0 Å². The van der Waals surface area contributed by atoms with Crippen LogP contribution in [0.2, 0.25) is 0 Å². The number of nitrogens with two attached hydrogens (primary N) is 1. The van der Waals surface area contributed by atoms with Crippen LogP contribution in [-0.2, 0) is 10.0 Å². The fourth-order valence-electron chi connectivity index (χ4n) is 2.47. The summed E-state index contributed by atoms with van der Waals surface area (Å²) in [5.74, 6) is 6.84. The summed E-state index contributed by atoms with van der Waals surface area (Å²) in [7, 11) is -3.48. The van der Waals surface area contributed by atoms with Crippen LogP contribution in [-0.4, -0.2) is 19.9 Å². The molecule has 1 aliphatic carbocycles. The molecule has 4 N–H and O–H groups in total. The SMILES string of the molecule is CC1CCC(CNS(=O)(=O)c2ccc(NN)nc2)CC1. The van der Waals surface area contributed by atoms with E-state index in [1.807, 2.05) is 0 Å². The third-order valence-electron chi connectivity index (χ3n) is 3.89. The van der Waals surface area contributed by atoms with Crippen molar-refractivity contribution in [2.45, 2.75) is 37.5 Å². The van der Waals surface area contributed by atoms with Crippen LogP contribution in [0.25, 0.3) is 0 Å². The van der Waals surface area contributed by atoms with Crippen LogP contribution >= 0.6 is 0 Å². The quantitative estimate of drug-likeness (QED) is 0.565. The summed E-state index contributed by atoms with van der Waals surface area (Å²) in [5.41, 5.74) is 2.37. The van der Waals surface area contributed by atoms with Crippen LogP contribution in [0.5, 0.6) is 0 Å². The molecule has 1 aliphatic rings. The summed E-state index contributed by atoms with van der Waals surface area (Å²) in [5, 5.41) is 0. The van der Waals surface area contributed by atoms with Crippen LogP contribution in [0.1, 0.15) is 32.6 Å². The van der Waals surface area contributed by atoms with Gasteiger partial charge < -0.3 is 5.43 Å². The zero-order valence-corrected chi connectivity index (χ0v) is 12.5. The summed E-state index contributed by atoms with van der Waals surface area (Å²) < 4.78 is 26.9. The predicted octanol–water partition coefficient (Wildman–Crippen LogP) is 1.47. The van der Waals surface area contributed by atoms with E-state index in [-0.39, 0.29) is 4.90 Å². The van der Waals surface area contributed by atoms with Gasteiger partial charge in [0.1, 0.15) is 10.7 Å². The van der Waals surface area contributed by atoms with E-state index in [1.54, 1.807) is 0 Å². The highest BCUT2D eigenvalue weighted by Crippen LogP contribution is 2.27. The van der Waals surface area contributed by atoms with Crippen molar-refractivity contribution in [2.24, 2.45) is 17.7 Å². The van der Waals surface area contributed by atoms with Crippen molar-refractivity contribution in [1.29, 1.82) is 0 Å². The lowest BCUT2D eigenvalue weighted by Crippen LogP contribution is -2.31. The minimum absolute atomic E-state index is 0.167. The normalized spacial score (nSPS) is 23.5. The Morgan fingerprint density at radius 2 is 2.00 bits per heavy atom. The zero-order chi connectivity index (χ0) is 14.6. The summed E-state index contributed by atoms with van der Waals surface area (Å²) >= 11 is 0. The fraction of sp³-hybridized carbons (Fsp3) is 0.615. The average molecular weight is 298 g/mol. The lowest BCUT2D eigenvalue weighted by molar-refractivity contribution is 0.290. The molecule has 1 aromatic rings. The average Bonchev–Trinajstić information content (AvgIpc) is 2.47. The van der Waals surface area contributed by atoms with Gasteiger partial charge in [-0.2, -0.15) is 0 Å².